The lowest BCUT2D eigenvalue weighted by atomic mass is 10.2. The molecule has 74 valence electrons. The van der Waals surface area contributed by atoms with E-state index in [2.05, 4.69) is 24.1 Å². The molecule has 0 unspecified atom stereocenters. The topological polar surface area (TPSA) is 24.9 Å². The average Bonchev–Trinajstić information content (AvgIpc) is 2.48. The molecule has 1 heterocycles. The van der Waals surface area contributed by atoms with Crippen molar-refractivity contribution >= 4 is 16.5 Å². The van der Waals surface area contributed by atoms with E-state index in [1.54, 1.807) is 11.3 Å². The standard InChI is InChI=1S/C10H18N2S/c1-4-5-6-7-9-8(2)12-10(11-3)13-9/h4-7H2,1-3H3,(H,11,12). The fraction of sp³-hybridized carbons (Fsp3) is 0.700. The second-order valence-electron chi connectivity index (χ2n) is 3.23. The van der Waals surface area contributed by atoms with Gasteiger partial charge in [-0.05, 0) is 19.8 Å². The molecular formula is C10H18N2S. The van der Waals surface area contributed by atoms with Crippen molar-refractivity contribution in [3.05, 3.63) is 10.6 Å². The van der Waals surface area contributed by atoms with Gasteiger partial charge in [0.1, 0.15) is 0 Å². The summed E-state index contributed by atoms with van der Waals surface area (Å²) in [5, 5.41) is 4.13. The van der Waals surface area contributed by atoms with E-state index in [1.165, 1.54) is 36.3 Å². The molecule has 0 bridgehead atoms. The van der Waals surface area contributed by atoms with Gasteiger partial charge in [-0.25, -0.2) is 4.98 Å². The van der Waals surface area contributed by atoms with Crippen molar-refractivity contribution in [2.24, 2.45) is 0 Å². The Labute approximate surface area is 84.4 Å². The van der Waals surface area contributed by atoms with E-state index in [0.717, 1.165) is 5.13 Å². The molecular weight excluding hydrogens is 180 g/mol. The van der Waals surface area contributed by atoms with Crippen LogP contribution < -0.4 is 5.32 Å². The lowest BCUT2D eigenvalue weighted by molar-refractivity contribution is 0.720. The monoisotopic (exact) mass is 198 g/mol. The van der Waals surface area contributed by atoms with Gasteiger partial charge in [-0.15, -0.1) is 11.3 Å². The van der Waals surface area contributed by atoms with Crippen molar-refractivity contribution in [3.63, 3.8) is 0 Å². The Hall–Kier alpha value is -0.570. The molecule has 1 rings (SSSR count). The zero-order valence-electron chi connectivity index (χ0n) is 8.68. The predicted molar refractivity (Wildman–Crippen MR) is 59.6 cm³/mol. The quantitative estimate of drug-likeness (QED) is 0.735. The Kier molecular flexibility index (Phi) is 4.22. The third-order valence-electron chi connectivity index (χ3n) is 2.11. The molecule has 0 fully saturated rings. The molecule has 0 aliphatic rings. The van der Waals surface area contributed by atoms with Crippen LogP contribution in [0, 0.1) is 6.92 Å². The summed E-state index contributed by atoms with van der Waals surface area (Å²) in [5.74, 6) is 0. The number of hydrogen-bond acceptors (Lipinski definition) is 3. The summed E-state index contributed by atoms with van der Waals surface area (Å²) in [6, 6.07) is 0. The maximum Gasteiger partial charge on any atom is 0.182 e. The van der Waals surface area contributed by atoms with Gasteiger partial charge in [0, 0.05) is 11.9 Å². The molecule has 0 aliphatic heterocycles. The predicted octanol–water partition coefficient (Wildman–Crippen LogP) is 3.23. The molecule has 0 spiro atoms. The van der Waals surface area contributed by atoms with Crippen molar-refractivity contribution in [2.45, 2.75) is 39.5 Å². The minimum absolute atomic E-state index is 1.05. The number of thiazole rings is 1. The van der Waals surface area contributed by atoms with E-state index in [4.69, 9.17) is 0 Å². The summed E-state index contributed by atoms with van der Waals surface area (Å²) in [6.45, 7) is 4.33. The first-order valence-electron chi connectivity index (χ1n) is 4.92. The van der Waals surface area contributed by atoms with Gasteiger partial charge in [-0.2, -0.15) is 0 Å². The maximum absolute atomic E-state index is 4.42. The fourth-order valence-electron chi connectivity index (χ4n) is 1.30. The molecule has 0 atom stereocenters. The Balaban J connectivity index is 2.50. The molecule has 2 nitrogen and oxygen atoms in total. The number of nitrogens with one attached hydrogen (secondary N) is 1. The number of unbranched alkanes of at least 4 members (excludes halogenated alkanes) is 2. The molecule has 0 aromatic carbocycles. The number of hydrogen-bond donors (Lipinski definition) is 1. The van der Waals surface area contributed by atoms with Crippen molar-refractivity contribution < 1.29 is 0 Å². The number of aryl methyl sites for hydroxylation is 2. The lowest BCUT2D eigenvalue weighted by Crippen LogP contribution is -1.85. The number of nitrogens with zero attached hydrogens (tertiary/aromatic N) is 1. The first-order valence-corrected chi connectivity index (χ1v) is 5.73. The van der Waals surface area contributed by atoms with Crippen LogP contribution in [0.5, 0.6) is 0 Å². The first-order chi connectivity index (χ1) is 6.27. The van der Waals surface area contributed by atoms with Crippen LogP contribution in [0.25, 0.3) is 0 Å². The van der Waals surface area contributed by atoms with Gasteiger partial charge < -0.3 is 5.32 Å². The highest BCUT2D eigenvalue weighted by Crippen LogP contribution is 2.23. The van der Waals surface area contributed by atoms with Crippen molar-refractivity contribution in [1.29, 1.82) is 0 Å². The maximum atomic E-state index is 4.42. The zero-order valence-corrected chi connectivity index (χ0v) is 9.50. The molecule has 0 saturated carbocycles. The summed E-state index contributed by atoms with van der Waals surface area (Å²) in [4.78, 5) is 5.86. The van der Waals surface area contributed by atoms with Crippen LogP contribution in [0.15, 0.2) is 0 Å². The fourth-order valence-corrected chi connectivity index (χ4v) is 2.26. The molecule has 3 heteroatoms. The smallest absolute Gasteiger partial charge is 0.182 e. The molecule has 13 heavy (non-hydrogen) atoms. The van der Waals surface area contributed by atoms with Gasteiger partial charge in [-0.3, -0.25) is 0 Å². The summed E-state index contributed by atoms with van der Waals surface area (Å²) in [6.07, 6.45) is 5.10. The minimum atomic E-state index is 1.05. The van der Waals surface area contributed by atoms with Gasteiger partial charge in [0.2, 0.25) is 0 Å². The molecule has 0 radical (unpaired) electrons. The van der Waals surface area contributed by atoms with Crippen LogP contribution >= 0.6 is 11.3 Å². The lowest BCUT2D eigenvalue weighted by Gasteiger charge is -1.96. The Morgan fingerprint density at radius 2 is 2.15 bits per heavy atom. The van der Waals surface area contributed by atoms with Crippen LogP contribution in [0.3, 0.4) is 0 Å². The Morgan fingerprint density at radius 3 is 2.69 bits per heavy atom. The van der Waals surface area contributed by atoms with Crippen molar-refractivity contribution in [2.75, 3.05) is 12.4 Å². The third-order valence-corrected chi connectivity index (χ3v) is 3.35. The molecule has 0 amide bonds. The number of anilines is 1. The summed E-state index contributed by atoms with van der Waals surface area (Å²) < 4.78 is 0. The molecule has 1 aromatic heterocycles. The normalized spacial score (nSPS) is 10.4. The molecule has 1 aromatic rings. The largest absolute Gasteiger partial charge is 0.365 e. The van der Waals surface area contributed by atoms with Crippen LogP contribution in [0.2, 0.25) is 0 Å². The number of aromatic nitrogens is 1. The number of rotatable bonds is 5. The van der Waals surface area contributed by atoms with Gasteiger partial charge >= 0.3 is 0 Å². The van der Waals surface area contributed by atoms with E-state index >= 15 is 0 Å². The summed E-state index contributed by atoms with van der Waals surface area (Å²) in [7, 11) is 1.92. The molecule has 1 N–H and O–H groups in total. The van der Waals surface area contributed by atoms with Crippen LogP contribution in [0.4, 0.5) is 5.13 Å². The van der Waals surface area contributed by atoms with Crippen LogP contribution in [0.1, 0.15) is 36.8 Å². The van der Waals surface area contributed by atoms with Gasteiger partial charge in [0.05, 0.1) is 5.69 Å². The SMILES string of the molecule is CCCCCc1sc(NC)nc1C. The van der Waals surface area contributed by atoms with Crippen LogP contribution in [-0.2, 0) is 6.42 Å². The third kappa shape index (κ3) is 2.99. The van der Waals surface area contributed by atoms with Crippen molar-refractivity contribution in [1.82, 2.24) is 4.98 Å². The van der Waals surface area contributed by atoms with E-state index in [9.17, 15) is 0 Å². The first kappa shape index (κ1) is 10.5. The molecule has 0 saturated heterocycles. The van der Waals surface area contributed by atoms with Gasteiger partial charge in [0.25, 0.3) is 0 Å². The highest BCUT2D eigenvalue weighted by atomic mass is 32.1. The van der Waals surface area contributed by atoms with Gasteiger partial charge in [-0.1, -0.05) is 19.8 Å². The highest BCUT2D eigenvalue weighted by Gasteiger charge is 2.05. The Morgan fingerprint density at radius 1 is 1.38 bits per heavy atom. The van der Waals surface area contributed by atoms with Gasteiger partial charge in [0.15, 0.2) is 5.13 Å². The van der Waals surface area contributed by atoms with Crippen LogP contribution in [-0.4, -0.2) is 12.0 Å². The second-order valence-corrected chi connectivity index (χ2v) is 4.32. The zero-order chi connectivity index (χ0) is 9.68. The second kappa shape index (κ2) is 5.22. The molecule has 0 aliphatic carbocycles. The van der Waals surface area contributed by atoms with E-state index < -0.39 is 0 Å². The average molecular weight is 198 g/mol. The van der Waals surface area contributed by atoms with E-state index in [1.807, 2.05) is 7.05 Å². The van der Waals surface area contributed by atoms with E-state index in [0.29, 0.717) is 0 Å². The highest BCUT2D eigenvalue weighted by molar-refractivity contribution is 7.15. The summed E-state index contributed by atoms with van der Waals surface area (Å²) >= 11 is 1.79. The van der Waals surface area contributed by atoms with Crippen molar-refractivity contribution in [3.8, 4) is 0 Å². The minimum Gasteiger partial charge on any atom is -0.365 e. The Bertz CT molecular complexity index is 255. The van der Waals surface area contributed by atoms with E-state index in [-0.39, 0.29) is 0 Å². The summed E-state index contributed by atoms with van der Waals surface area (Å²) in [5.41, 5.74) is 1.20.